The van der Waals surface area contributed by atoms with Gasteiger partial charge in [-0.3, -0.25) is 0 Å². The van der Waals surface area contributed by atoms with Crippen molar-refractivity contribution < 1.29 is 53.4 Å². The maximum atomic E-state index is 14.6. The Morgan fingerprint density at radius 3 is 1.64 bits per heavy atom. The Balaban J connectivity index is 2.64. The zero-order valence-electron chi connectivity index (χ0n) is 13.1. The smallest absolute Gasteiger partial charge is 0.384 e. The van der Waals surface area contributed by atoms with Gasteiger partial charge in [-0.1, -0.05) is 12.1 Å². The van der Waals surface area contributed by atoms with Crippen LogP contribution in [0.1, 0.15) is 23.7 Å². The molecule has 1 aromatic rings. The highest BCUT2D eigenvalue weighted by Crippen LogP contribution is 2.70. The van der Waals surface area contributed by atoms with Crippen molar-refractivity contribution in [3.05, 3.63) is 35.4 Å². The monoisotopic (exact) mass is 427 g/mol. The molecule has 13 heteroatoms. The standard InChI is InChI=1S/C15H8F11NO/c16-10(5-9(28)8-3-1-2-7(4-8)6-27)11(17,18)13(21,22)15(25,26)14(23,24)12(10,19)20/h1-4,9,28H,5H2. The van der Waals surface area contributed by atoms with Gasteiger partial charge < -0.3 is 5.11 Å². The third-order valence-electron chi connectivity index (χ3n) is 4.45. The lowest BCUT2D eigenvalue weighted by Crippen LogP contribution is -2.83. The van der Waals surface area contributed by atoms with Crippen LogP contribution >= 0.6 is 0 Å². The molecule has 1 unspecified atom stereocenters. The maximum Gasteiger partial charge on any atom is 0.384 e. The lowest BCUT2D eigenvalue weighted by atomic mass is 9.69. The molecule has 2 rings (SSSR count). The molecule has 1 aromatic carbocycles. The van der Waals surface area contributed by atoms with E-state index in [1.165, 1.54) is 6.07 Å². The predicted octanol–water partition coefficient (Wildman–Crippen LogP) is 4.88. The van der Waals surface area contributed by atoms with Crippen LogP contribution in [-0.4, -0.2) is 40.4 Å². The zero-order chi connectivity index (χ0) is 22.0. The van der Waals surface area contributed by atoms with E-state index < -0.39 is 53.4 Å². The van der Waals surface area contributed by atoms with Gasteiger partial charge >= 0.3 is 29.6 Å². The average Bonchev–Trinajstić information content (AvgIpc) is 2.59. The normalized spacial score (nSPS) is 26.8. The summed E-state index contributed by atoms with van der Waals surface area (Å²) in [5, 5.41) is 18.3. The molecule has 0 aliphatic heterocycles. The molecule has 1 saturated carbocycles. The number of aliphatic hydroxyl groups is 1. The Bertz CT molecular complexity index is 784. The van der Waals surface area contributed by atoms with Crippen LogP contribution in [0.2, 0.25) is 0 Å². The molecule has 1 aliphatic carbocycles. The van der Waals surface area contributed by atoms with Crippen LogP contribution in [0, 0.1) is 11.3 Å². The van der Waals surface area contributed by atoms with Crippen molar-refractivity contribution in [2.75, 3.05) is 0 Å². The highest BCUT2D eigenvalue weighted by atomic mass is 19.4. The topological polar surface area (TPSA) is 44.0 Å². The van der Waals surface area contributed by atoms with Crippen LogP contribution in [0.3, 0.4) is 0 Å². The van der Waals surface area contributed by atoms with Gasteiger partial charge in [0, 0.05) is 6.42 Å². The number of nitrogens with zero attached hydrogens (tertiary/aromatic N) is 1. The molecule has 0 amide bonds. The number of halogens is 11. The first-order chi connectivity index (χ1) is 12.4. The van der Waals surface area contributed by atoms with E-state index in [0.717, 1.165) is 18.2 Å². The van der Waals surface area contributed by atoms with E-state index in [1.807, 2.05) is 0 Å². The lowest BCUT2D eigenvalue weighted by molar-refractivity contribution is -0.487. The molecule has 0 aromatic heterocycles. The Morgan fingerprint density at radius 1 is 0.786 bits per heavy atom. The molecule has 2 nitrogen and oxygen atoms in total. The van der Waals surface area contributed by atoms with Crippen LogP contribution in [0.15, 0.2) is 24.3 Å². The van der Waals surface area contributed by atoms with Crippen molar-refractivity contribution in [1.29, 1.82) is 5.26 Å². The molecular formula is C15H8F11NO. The fourth-order valence-corrected chi connectivity index (χ4v) is 2.74. The first kappa shape index (κ1) is 22.2. The summed E-state index contributed by atoms with van der Waals surface area (Å²) in [6, 6.07) is 4.90. The van der Waals surface area contributed by atoms with Gasteiger partial charge in [0.2, 0.25) is 0 Å². The predicted molar refractivity (Wildman–Crippen MR) is 69.3 cm³/mol. The van der Waals surface area contributed by atoms with E-state index in [-0.39, 0.29) is 5.56 Å². The highest BCUT2D eigenvalue weighted by Gasteiger charge is 3.00. The molecule has 0 radical (unpaired) electrons. The van der Waals surface area contributed by atoms with Gasteiger partial charge in [0.25, 0.3) is 5.67 Å². The van der Waals surface area contributed by atoms with E-state index in [0.29, 0.717) is 6.07 Å². The summed E-state index contributed by atoms with van der Waals surface area (Å²) in [6.07, 6.45) is -5.63. The number of nitriles is 1. The molecule has 1 fully saturated rings. The summed E-state index contributed by atoms with van der Waals surface area (Å²) in [5.41, 5.74) is -7.32. The lowest BCUT2D eigenvalue weighted by Gasteiger charge is -2.52. The van der Waals surface area contributed by atoms with E-state index in [2.05, 4.69) is 0 Å². The van der Waals surface area contributed by atoms with Crippen molar-refractivity contribution in [1.82, 2.24) is 0 Å². The van der Waals surface area contributed by atoms with Crippen LogP contribution in [0.5, 0.6) is 0 Å². The third-order valence-corrected chi connectivity index (χ3v) is 4.45. The second-order valence-corrected chi connectivity index (χ2v) is 6.13. The summed E-state index contributed by atoms with van der Waals surface area (Å²) < 4.78 is 150. The molecule has 156 valence electrons. The van der Waals surface area contributed by atoms with Crippen molar-refractivity contribution in [3.63, 3.8) is 0 Å². The minimum atomic E-state index is -7.30. The van der Waals surface area contributed by atoms with Crippen LogP contribution in [0.25, 0.3) is 0 Å². The molecule has 1 N–H and O–H groups in total. The van der Waals surface area contributed by atoms with Gasteiger partial charge in [0.1, 0.15) is 0 Å². The van der Waals surface area contributed by atoms with Gasteiger partial charge in [0.05, 0.1) is 17.7 Å². The summed E-state index contributed by atoms with van der Waals surface area (Å²) in [7, 11) is 0. The minimum absolute atomic E-state index is 0.311. The van der Waals surface area contributed by atoms with Gasteiger partial charge in [-0.2, -0.15) is 49.2 Å². The van der Waals surface area contributed by atoms with E-state index >= 15 is 0 Å². The number of hydrogen-bond acceptors (Lipinski definition) is 2. The van der Waals surface area contributed by atoms with E-state index in [4.69, 9.17) is 5.26 Å². The van der Waals surface area contributed by atoms with E-state index in [1.54, 1.807) is 0 Å². The van der Waals surface area contributed by atoms with Crippen molar-refractivity contribution >= 4 is 0 Å². The molecule has 0 heterocycles. The summed E-state index contributed by atoms with van der Waals surface area (Å²) in [4.78, 5) is 0. The average molecular weight is 427 g/mol. The molecule has 0 bridgehead atoms. The molecule has 28 heavy (non-hydrogen) atoms. The van der Waals surface area contributed by atoms with Crippen molar-refractivity contribution in [3.8, 4) is 6.07 Å². The number of benzene rings is 1. The minimum Gasteiger partial charge on any atom is -0.388 e. The van der Waals surface area contributed by atoms with Crippen molar-refractivity contribution in [2.45, 2.75) is 47.8 Å². The Morgan fingerprint density at radius 2 is 1.21 bits per heavy atom. The first-order valence-corrected chi connectivity index (χ1v) is 7.18. The van der Waals surface area contributed by atoms with Gasteiger partial charge in [-0.05, 0) is 17.7 Å². The maximum absolute atomic E-state index is 14.6. The van der Waals surface area contributed by atoms with Crippen LogP contribution in [-0.2, 0) is 0 Å². The van der Waals surface area contributed by atoms with Crippen molar-refractivity contribution in [2.24, 2.45) is 0 Å². The van der Waals surface area contributed by atoms with E-state index in [9.17, 15) is 53.4 Å². The van der Waals surface area contributed by atoms with Crippen LogP contribution < -0.4 is 0 Å². The van der Waals surface area contributed by atoms with Crippen LogP contribution in [0.4, 0.5) is 48.3 Å². The summed E-state index contributed by atoms with van der Waals surface area (Å²) >= 11 is 0. The Kier molecular flexibility index (Phi) is 4.71. The second kappa shape index (κ2) is 5.95. The van der Waals surface area contributed by atoms with Gasteiger partial charge in [-0.25, -0.2) is 4.39 Å². The molecule has 1 atom stereocenters. The molecule has 1 aliphatic rings. The van der Waals surface area contributed by atoms with Gasteiger partial charge in [0.15, 0.2) is 0 Å². The Labute approximate surface area is 149 Å². The molecule has 0 spiro atoms. The largest absolute Gasteiger partial charge is 0.388 e. The second-order valence-electron chi connectivity index (χ2n) is 6.13. The Hall–Kier alpha value is -2.10. The highest BCUT2D eigenvalue weighted by molar-refractivity contribution is 5.35. The fraction of sp³-hybridized carbons (Fsp3) is 0.533. The number of aliphatic hydroxyl groups excluding tert-OH is 1. The quantitative estimate of drug-likeness (QED) is 0.699. The molecule has 0 saturated heterocycles. The number of rotatable bonds is 3. The number of hydrogen-bond donors (Lipinski definition) is 1. The fourth-order valence-electron chi connectivity index (χ4n) is 2.74. The summed E-state index contributed by atoms with van der Waals surface area (Å²) in [5.74, 6) is -35.7. The summed E-state index contributed by atoms with van der Waals surface area (Å²) in [6.45, 7) is 0. The third kappa shape index (κ3) is 2.36. The first-order valence-electron chi connectivity index (χ1n) is 7.18. The SMILES string of the molecule is N#Cc1cccc(C(O)CC2(F)C(F)(F)C(F)(F)C(F)(F)C(F)(F)C2(F)F)c1. The zero-order valence-corrected chi connectivity index (χ0v) is 13.1. The number of alkyl halides is 11. The molecular weight excluding hydrogens is 419 g/mol. The van der Waals surface area contributed by atoms with Gasteiger partial charge in [-0.15, -0.1) is 0 Å².